The molecule has 0 saturated carbocycles. The fourth-order valence-electron chi connectivity index (χ4n) is 4.24. The Morgan fingerprint density at radius 2 is 1.94 bits per heavy atom. The summed E-state index contributed by atoms with van der Waals surface area (Å²) < 4.78 is 32.9. The van der Waals surface area contributed by atoms with Gasteiger partial charge in [0.2, 0.25) is 21.8 Å². The number of nitrogens with zero attached hydrogens (tertiary/aromatic N) is 2. The lowest BCUT2D eigenvalue weighted by atomic mass is 10.1. The molecule has 1 atom stereocenters. The summed E-state index contributed by atoms with van der Waals surface area (Å²) in [5, 5.41) is 2.81. The van der Waals surface area contributed by atoms with E-state index >= 15 is 0 Å². The molecule has 0 spiro atoms. The summed E-state index contributed by atoms with van der Waals surface area (Å²) in [6.07, 6.45) is 4.81. The third kappa shape index (κ3) is 4.24. The van der Waals surface area contributed by atoms with Crippen LogP contribution in [0, 0.1) is 0 Å². The zero-order valence-electron chi connectivity index (χ0n) is 17.5. The Morgan fingerprint density at radius 3 is 2.61 bits per heavy atom. The van der Waals surface area contributed by atoms with Crippen molar-refractivity contribution >= 4 is 27.5 Å². The lowest BCUT2D eigenvalue weighted by molar-refractivity contribution is -0.126. The minimum absolute atomic E-state index is 0.177. The smallest absolute Gasteiger partial charge is 0.243 e. The molecule has 2 aliphatic heterocycles. The second-order valence-electron chi connectivity index (χ2n) is 7.89. The van der Waals surface area contributed by atoms with E-state index in [0.717, 1.165) is 19.3 Å². The molecular formula is C22H27N3O5S. The number of sulfonamides is 1. The molecule has 8 nitrogen and oxygen atoms in total. The highest BCUT2D eigenvalue weighted by Gasteiger charge is 2.38. The Balaban J connectivity index is 1.59. The number of furan rings is 1. The highest BCUT2D eigenvalue weighted by Crippen LogP contribution is 2.35. The largest absolute Gasteiger partial charge is 0.467 e. The topological polar surface area (TPSA) is 99.9 Å². The number of rotatable bonds is 6. The van der Waals surface area contributed by atoms with Gasteiger partial charge in [0.15, 0.2) is 0 Å². The Hall–Kier alpha value is -2.65. The van der Waals surface area contributed by atoms with E-state index in [4.69, 9.17) is 4.42 Å². The molecule has 1 fully saturated rings. The molecule has 166 valence electrons. The van der Waals surface area contributed by atoms with E-state index in [1.807, 2.05) is 0 Å². The summed E-state index contributed by atoms with van der Waals surface area (Å²) in [6.45, 7) is 3.02. The van der Waals surface area contributed by atoms with Gasteiger partial charge in [0.05, 0.1) is 17.7 Å². The van der Waals surface area contributed by atoms with Crippen LogP contribution in [-0.2, 0) is 32.6 Å². The maximum Gasteiger partial charge on any atom is 0.243 e. The molecular weight excluding hydrogens is 418 g/mol. The van der Waals surface area contributed by atoms with Crippen LogP contribution in [0.2, 0.25) is 0 Å². The number of hydrogen-bond acceptors (Lipinski definition) is 5. The summed E-state index contributed by atoms with van der Waals surface area (Å²) in [6, 6.07) is 7.60. The molecule has 2 amide bonds. The standard InChI is InChI=1S/C22H27N3O5S/c1-2-21(26)25-19-9-8-18(31(28,29)24-10-4-3-5-11-24)13-16(19)14-20(25)22(27)23-15-17-7-6-12-30-17/h6-9,12-13,20H,2-5,10-11,14-15H2,1H3,(H,23,27)/t20-/m1/s1. The molecule has 2 aliphatic rings. The number of anilines is 1. The average Bonchev–Trinajstić information content (AvgIpc) is 3.44. The molecule has 0 unspecified atom stereocenters. The average molecular weight is 446 g/mol. The van der Waals surface area contributed by atoms with Crippen LogP contribution in [0.3, 0.4) is 0 Å². The van der Waals surface area contributed by atoms with E-state index in [1.165, 1.54) is 15.5 Å². The van der Waals surface area contributed by atoms with Gasteiger partial charge >= 0.3 is 0 Å². The zero-order valence-corrected chi connectivity index (χ0v) is 18.4. The van der Waals surface area contributed by atoms with Crippen molar-refractivity contribution in [3.63, 3.8) is 0 Å². The molecule has 1 saturated heterocycles. The van der Waals surface area contributed by atoms with Gasteiger partial charge in [0.25, 0.3) is 0 Å². The summed E-state index contributed by atoms with van der Waals surface area (Å²) >= 11 is 0. The predicted molar refractivity (Wildman–Crippen MR) is 115 cm³/mol. The zero-order chi connectivity index (χ0) is 22.0. The van der Waals surface area contributed by atoms with E-state index < -0.39 is 16.1 Å². The molecule has 2 aromatic rings. The number of fused-ring (bicyclic) bond motifs is 1. The van der Waals surface area contributed by atoms with Crippen LogP contribution in [0.4, 0.5) is 5.69 Å². The Morgan fingerprint density at radius 1 is 1.16 bits per heavy atom. The predicted octanol–water partition coefficient (Wildman–Crippen LogP) is 2.44. The SMILES string of the molecule is CCC(=O)N1c2ccc(S(=O)(=O)N3CCCCC3)cc2C[C@@H]1C(=O)NCc1ccco1. The van der Waals surface area contributed by atoms with E-state index in [0.29, 0.717) is 30.1 Å². The quantitative estimate of drug-likeness (QED) is 0.736. The van der Waals surface area contributed by atoms with Gasteiger partial charge in [0.1, 0.15) is 11.8 Å². The first kappa shape index (κ1) is 21.6. The van der Waals surface area contributed by atoms with E-state index in [1.54, 1.807) is 37.3 Å². The first-order chi connectivity index (χ1) is 14.9. The molecule has 31 heavy (non-hydrogen) atoms. The fraction of sp³-hybridized carbons (Fsp3) is 0.455. The van der Waals surface area contributed by atoms with Gasteiger partial charge in [-0.25, -0.2) is 8.42 Å². The van der Waals surface area contributed by atoms with Crippen molar-refractivity contribution in [3.05, 3.63) is 47.9 Å². The molecule has 0 radical (unpaired) electrons. The number of nitrogens with one attached hydrogen (secondary N) is 1. The number of carbonyl (C=O) groups excluding carboxylic acids is 2. The Bertz CT molecular complexity index is 1060. The van der Waals surface area contributed by atoms with Gasteiger partial charge in [-0.2, -0.15) is 4.31 Å². The van der Waals surface area contributed by atoms with Gasteiger partial charge in [-0.1, -0.05) is 13.3 Å². The second-order valence-corrected chi connectivity index (χ2v) is 9.83. The van der Waals surface area contributed by atoms with Crippen LogP contribution in [0.25, 0.3) is 0 Å². The maximum atomic E-state index is 13.1. The maximum absolute atomic E-state index is 13.1. The summed E-state index contributed by atoms with van der Waals surface area (Å²) in [7, 11) is -3.59. The van der Waals surface area contributed by atoms with Crippen LogP contribution in [0.15, 0.2) is 45.9 Å². The summed E-state index contributed by atoms with van der Waals surface area (Å²) in [5.41, 5.74) is 1.29. The number of piperidine rings is 1. The van der Waals surface area contributed by atoms with Gasteiger partial charge in [-0.15, -0.1) is 0 Å². The number of benzene rings is 1. The Labute approximate surface area is 182 Å². The number of carbonyl (C=O) groups is 2. The number of amides is 2. The molecule has 4 rings (SSSR count). The second kappa shape index (κ2) is 8.84. The fourth-order valence-corrected chi connectivity index (χ4v) is 5.80. The van der Waals surface area contributed by atoms with Crippen molar-refractivity contribution in [2.75, 3.05) is 18.0 Å². The molecule has 0 aliphatic carbocycles. The summed E-state index contributed by atoms with van der Waals surface area (Å²) in [4.78, 5) is 27.3. The first-order valence-corrected chi connectivity index (χ1v) is 12.1. The highest BCUT2D eigenvalue weighted by atomic mass is 32.2. The minimum atomic E-state index is -3.59. The van der Waals surface area contributed by atoms with Crippen molar-refractivity contribution < 1.29 is 22.4 Å². The first-order valence-electron chi connectivity index (χ1n) is 10.7. The molecule has 0 bridgehead atoms. The van der Waals surface area contributed by atoms with E-state index in [-0.39, 0.29) is 36.1 Å². The van der Waals surface area contributed by atoms with Crippen molar-refractivity contribution in [1.29, 1.82) is 0 Å². The molecule has 1 aromatic carbocycles. The molecule has 9 heteroatoms. The normalized spacial score (nSPS) is 19.3. The van der Waals surface area contributed by atoms with Crippen LogP contribution in [0.5, 0.6) is 0 Å². The third-order valence-electron chi connectivity index (χ3n) is 5.88. The molecule has 3 heterocycles. The van der Waals surface area contributed by atoms with Gasteiger partial charge < -0.3 is 9.73 Å². The van der Waals surface area contributed by atoms with Crippen LogP contribution >= 0.6 is 0 Å². The van der Waals surface area contributed by atoms with Gasteiger partial charge in [-0.3, -0.25) is 14.5 Å². The lowest BCUT2D eigenvalue weighted by Gasteiger charge is -2.26. The monoisotopic (exact) mass is 445 g/mol. The lowest BCUT2D eigenvalue weighted by Crippen LogP contribution is -2.47. The summed E-state index contributed by atoms with van der Waals surface area (Å²) in [5.74, 6) is 0.144. The van der Waals surface area contributed by atoms with Gasteiger partial charge in [-0.05, 0) is 48.7 Å². The van der Waals surface area contributed by atoms with Crippen molar-refractivity contribution in [1.82, 2.24) is 9.62 Å². The van der Waals surface area contributed by atoms with Crippen LogP contribution in [-0.4, -0.2) is 43.7 Å². The van der Waals surface area contributed by atoms with Crippen LogP contribution in [0.1, 0.15) is 43.9 Å². The third-order valence-corrected chi connectivity index (χ3v) is 7.77. The van der Waals surface area contributed by atoms with Crippen molar-refractivity contribution in [2.45, 2.75) is 56.5 Å². The number of hydrogen-bond donors (Lipinski definition) is 1. The highest BCUT2D eigenvalue weighted by molar-refractivity contribution is 7.89. The minimum Gasteiger partial charge on any atom is -0.467 e. The van der Waals surface area contributed by atoms with E-state index in [2.05, 4.69) is 5.32 Å². The van der Waals surface area contributed by atoms with Gasteiger partial charge in [0, 0.05) is 31.6 Å². The molecule has 1 N–H and O–H groups in total. The Kier molecular flexibility index (Phi) is 6.15. The van der Waals surface area contributed by atoms with E-state index in [9.17, 15) is 18.0 Å². The van der Waals surface area contributed by atoms with Crippen molar-refractivity contribution in [2.24, 2.45) is 0 Å². The molecule has 1 aromatic heterocycles. The van der Waals surface area contributed by atoms with Crippen molar-refractivity contribution in [3.8, 4) is 0 Å². The van der Waals surface area contributed by atoms with Crippen LogP contribution < -0.4 is 10.2 Å².